The summed E-state index contributed by atoms with van der Waals surface area (Å²) >= 11 is 0. The highest BCUT2D eigenvalue weighted by Crippen LogP contribution is 2.46. The van der Waals surface area contributed by atoms with Gasteiger partial charge < -0.3 is 4.43 Å². The molecule has 1 nitrogen and oxygen atoms in total. The Morgan fingerprint density at radius 2 is 1.61 bits per heavy atom. The van der Waals surface area contributed by atoms with Crippen LogP contribution < -0.4 is 0 Å². The molecule has 2 saturated carbocycles. The third-order valence-electron chi connectivity index (χ3n) is 5.14. The smallest absolute Gasteiger partial charge is 0.146 e. The molecule has 0 atom stereocenters. The van der Waals surface area contributed by atoms with Crippen LogP contribution in [0.2, 0.25) is 0 Å². The largest absolute Gasteiger partial charge is 0.424 e. The Labute approximate surface area is 114 Å². The lowest BCUT2D eigenvalue weighted by Crippen LogP contribution is -2.10. The third-order valence-corrected chi connectivity index (χ3v) is 5.43. The predicted octanol–water partition coefficient (Wildman–Crippen LogP) is 3.29. The van der Waals surface area contributed by atoms with E-state index in [1.54, 1.807) is 16.7 Å². The van der Waals surface area contributed by atoms with Crippen molar-refractivity contribution in [2.24, 2.45) is 11.8 Å². The lowest BCUT2D eigenvalue weighted by atomic mass is 9.84. The molecule has 0 N–H and O–H groups in total. The first kappa shape index (κ1) is 12.7. The van der Waals surface area contributed by atoms with Crippen LogP contribution in [0.3, 0.4) is 0 Å². The summed E-state index contributed by atoms with van der Waals surface area (Å²) in [6.07, 6.45) is 15.3. The van der Waals surface area contributed by atoms with Gasteiger partial charge in [-0.25, -0.2) is 0 Å². The zero-order valence-electron chi connectivity index (χ0n) is 11.7. The molecule has 0 aliphatic heterocycles. The van der Waals surface area contributed by atoms with Gasteiger partial charge in [0.2, 0.25) is 0 Å². The van der Waals surface area contributed by atoms with Gasteiger partial charge in [-0.1, -0.05) is 31.8 Å². The van der Waals surface area contributed by atoms with E-state index in [0.717, 1.165) is 28.9 Å². The first-order valence-electron chi connectivity index (χ1n) is 7.81. The van der Waals surface area contributed by atoms with Crippen LogP contribution in [0.15, 0.2) is 22.8 Å². The van der Waals surface area contributed by atoms with Crippen molar-refractivity contribution in [3.63, 3.8) is 0 Å². The standard InChI is InChI=1S/C16H26OSi/c18-17-11-14-9-10-15(12-5-1-2-6-12)16(14)13-7-3-4-8-13/h10,12-13H,1-9,11H2,18H3. The maximum atomic E-state index is 5.57. The number of hydrogen-bond acceptors (Lipinski definition) is 1. The number of hydrogen-bond donors (Lipinski definition) is 0. The monoisotopic (exact) mass is 262 g/mol. The van der Waals surface area contributed by atoms with Gasteiger partial charge in [-0.3, -0.25) is 0 Å². The van der Waals surface area contributed by atoms with E-state index in [4.69, 9.17) is 4.43 Å². The molecule has 3 aliphatic carbocycles. The highest BCUT2D eigenvalue weighted by Gasteiger charge is 2.32. The lowest BCUT2D eigenvalue weighted by Gasteiger charge is -2.22. The SMILES string of the molecule is [SiH3]OCC1=C(C2CCCC2)C(C2CCCC2)=CC1. The Morgan fingerprint density at radius 3 is 2.22 bits per heavy atom. The van der Waals surface area contributed by atoms with Gasteiger partial charge in [-0.05, 0) is 60.7 Å². The zero-order chi connectivity index (χ0) is 12.4. The van der Waals surface area contributed by atoms with Crippen molar-refractivity contribution in [1.29, 1.82) is 0 Å². The van der Waals surface area contributed by atoms with Crippen molar-refractivity contribution in [2.45, 2.75) is 57.8 Å². The fourth-order valence-electron chi connectivity index (χ4n) is 4.33. The van der Waals surface area contributed by atoms with Gasteiger partial charge in [0.1, 0.15) is 10.5 Å². The molecule has 3 aliphatic rings. The van der Waals surface area contributed by atoms with Gasteiger partial charge in [0, 0.05) is 0 Å². The van der Waals surface area contributed by atoms with E-state index in [1.165, 1.54) is 57.8 Å². The summed E-state index contributed by atoms with van der Waals surface area (Å²) in [5, 5.41) is 0. The fraction of sp³-hybridized carbons (Fsp3) is 0.750. The summed E-state index contributed by atoms with van der Waals surface area (Å²) < 4.78 is 5.57. The lowest BCUT2D eigenvalue weighted by molar-refractivity contribution is 0.383. The highest BCUT2D eigenvalue weighted by atomic mass is 28.2. The van der Waals surface area contributed by atoms with Gasteiger partial charge in [0.25, 0.3) is 0 Å². The average molecular weight is 262 g/mol. The van der Waals surface area contributed by atoms with E-state index < -0.39 is 0 Å². The van der Waals surface area contributed by atoms with Gasteiger partial charge in [0.15, 0.2) is 0 Å². The van der Waals surface area contributed by atoms with Crippen LogP contribution >= 0.6 is 0 Å². The van der Waals surface area contributed by atoms with E-state index in [9.17, 15) is 0 Å². The van der Waals surface area contributed by atoms with Crippen molar-refractivity contribution in [3.05, 3.63) is 22.8 Å². The van der Waals surface area contributed by atoms with E-state index >= 15 is 0 Å². The summed E-state index contributed by atoms with van der Waals surface area (Å²) in [6.45, 7) is 0.921. The number of rotatable bonds is 4. The molecule has 0 spiro atoms. The second-order valence-electron chi connectivity index (χ2n) is 6.28. The van der Waals surface area contributed by atoms with Crippen LogP contribution in [0.1, 0.15) is 57.8 Å². The molecular formula is C16H26OSi. The molecule has 0 aromatic heterocycles. The molecule has 0 saturated heterocycles. The predicted molar refractivity (Wildman–Crippen MR) is 79.5 cm³/mol. The van der Waals surface area contributed by atoms with Crippen molar-refractivity contribution < 1.29 is 4.43 Å². The molecule has 18 heavy (non-hydrogen) atoms. The Hall–Kier alpha value is -0.343. The van der Waals surface area contributed by atoms with Gasteiger partial charge in [0.05, 0.1) is 6.61 Å². The summed E-state index contributed by atoms with van der Waals surface area (Å²) in [6, 6.07) is 0. The second kappa shape index (κ2) is 5.75. The molecule has 0 heterocycles. The van der Waals surface area contributed by atoms with Crippen LogP contribution in [-0.4, -0.2) is 17.1 Å². The van der Waals surface area contributed by atoms with E-state index in [-0.39, 0.29) is 0 Å². The van der Waals surface area contributed by atoms with Crippen LogP contribution in [0.25, 0.3) is 0 Å². The van der Waals surface area contributed by atoms with Crippen LogP contribution in [0.4, 0.5) is 0 Å². The normalized spacial score (nSPS) is 26.6. The summed E-state index contributed by atoms with van der Waals surface area (Å²) in [4.78, 5) is 0. The molecule has 0 aromatic carbocycles. The first-order chi connectivity index (χ1) is 8.90. The highest BCUT2D eigenvalue weighted by molar-refractivity contribution is 5.98. The van der Waals surface area contributed by atoms with E-state index in [0.29, 0.717) is 0 Å². The van der Waals surface area contributed by atoms with E-state index in [1.807, 2.05) is 0 Å². The molecule has 2 heteroatoms. The fourth-order valence-corrected chi connectivity index (χ4v) is 4.68. The van der Waals surface area contributed by atoms with Crippen molar-refractivity contribution in [2.75, 3.05) is 6.61 Å². The minimum Gasteiger partial charge on any atom is -0.424 e. The molecule has 0 aromatic rings. The molecule has 2 fully saturated rings. The third kappa shape index (κ3) is 2.37. The molecule has 0 amide bonds. The maximum Gasteiger partial charge on any atom is 0.146 e. The minimum atomic E-state index is 0.876. The van der Waals surface area contributed by atoms with Crippen molar-refractivity contribution in [1.82, 2.24) is 0 Å². The Morgan fingerprint density at radius 1 is 1.00 bits per heavy atom. The van der Waals surface area contributed by atoms with Crippen LogP contribution in [-0.2, 0) is 4.43 Å². The quantitative estimate of drug-likeness (QED) is 0.707. The van der Waals surface area contributed by atoms with Crippen LogP contribution in [0.5, 0.6) is 0 Å². The Bertz CT molecular complexity index is 357. The van der Waals surface area contributed by atoms with Gasteiger partial charge in [-0.15, -0.1) is 0 Å². The van der Waals surface area contributed by atoms with E-state index in [2.05, 4.69) is 6.08 Å². The van der Waals surface area contributed by atoms with Crippen molar-refractivity contribution >= 4 is 10.5 Å². The molecule has 100 valence electrons. The summed E-state index contributed by atoms with van der Waals surface area (Å²) in [5.74, 6) is 1.78. The van der Waals surface area contributed by atoms with Gasteiger partial charge >= 0.3 is 0 Å². The first-order valence-corrected chi connectivity index (χ1v) is 8.63. The Kier molecular flexibility index (Phi) is 4.05. The molecule has 0 bridgehead atoms. The average Bonchev–Trinajstić information content (AvgIpc) is 3.10. The molecular weight excluding hydrogens is 236 g/mol. The summed E-state index contributed by atoms with van der Waals surface area (Å²) in [5.41, 5.74) is 5.17. The second-order valence-corrected chi connectivity index (χ2v) is 6.85. The minimum absolute atomic E-state index is 0.876. The number of allylic oxidation sites excluding steroid dienone is 3. The molecule has 0 radical (unpaired) electrons. The molecule has 0 unspecified atom stereocenters. The maximum absolute atomic E-state index is 5.57. The van der Waals surface area contributed by atoms with Gasteiger partial charge in [-0.2, -0.15) is 0 Å². The summed E-state index contributed by atoms with van der Waals surface area (Å²) in [7, 11) is 0.876. The Balaban J connectivity index is 1.83. The topological polar surface area (TPSA) is 9.23 Å². The van der Waals surface area contributed by atoms with Crippen molar-refractivity contribution in [3.8, 4) is 0 Å². The van der Waals surface area contributed by atoms with Crippen LogP contribution in [0, 0.1) is 11.8 Å². The molecule has 3 rings (SSSR count). The zero-order valence-corrected chi connectivity index (χ0v) is 13.7.